The van der Waals surface area contributed by atoms with Crippen LogP contribution in [0.1, 0.15) is 6.42 Å². The SMILES string of the molecule is Cl.N/C(C/C=N/C(=O)O)=N/C(=O)O. The second-order valence-electron chi connectivity index (χ2n) is 1.68. The van der Waals surface area contributed by atoms with Crippen LogP contribution in [0.2, 0.25) is 0 Å². The van der Waals surface area contributed by atoms with Crippen LogP contribution in [0.15, 0.2) is 9.98 Å². The Morgan fingerprint density at radius 2 is 1.85 bits per heavy atom. The standard InChI is InChI=1S/C5H7N3O4.ClH/c6-3(8-5(11)12)1-2-7-4(9)10;/h2H,1H2,(H2,6,8)(H,9,10)(H,11,12);1H/b7-2+;. The molecule has 0 unspecified atom stereocenters. The molecule has 0 aliphatic heterocycles. The van der Waals surface area contributed by atoms with Gasteiger partial charge in [0.05, 0.1) is 0 Å². The Bertz CT molecular complexity index is 250. The highest BCUT2D eigenvalue weighted by atomic mass is 35.5. The summed E-state index contributed by atoms with van der Waals surface area (Å²) in [6.07, 6.45) is -1.92. The molecule has 0 atom stereocenters. The Labute approximate surface area is 79.4 Å². The Morgan fingerprint density at radius 3 is 2.23 bits per heavy atom. The summed E-state index contributed by atoms with van der Waals surface area (Å²) in [6.45, 7) is 0. The zero-order chi connectivity index (χ0) is 9.56. The highest BCUT2D eigenvalue weighted by Crippen LogP contribution is 1.80. The van der Waals surface area contributed by atoms with E-state index in [1.807, 2.05) is 0 Å². The first-order valence-corrected chi connectivity index (χ1v) is 2.83. The molecule has 0 spiro atoms. The van der Waals surface area contributed by atoms with Crippen molar-refractivity contribution < 1.29 is 19.8 Å². The topological polar surface area (TPSA) is 125 Å². The third-order valence-corrected chi connectivity index (χ3v) is 0.741. The van der Waals surface area contributed by atoms with Crippen molar-refractivity contribution in [2.24, 2.45) is 15.7 Å². The van der Waals surface area contributed by atoms with Crippen molar-refractivity contribution in [1.29, 1.82) is 0 Å². The zero-order valence-corrected chi connectivity index (χ0v) is 7.19. The number of nitrogens with zero attached hydrogens (tertiary/aromatic N) is 2. The van der Waals surface area contributed by atoms with Crippen molar-refractivity contribution in [2.45, 2.75) is 6.42 Å². The third kappa shape index (κ3) is 10.4. The first-order chi connectivity index (χ1) is 5.52. The van der Waals surface area contributed by atoms with Crippen LogP contribution in [0.5, 0.6) is 0 Å². The van der Waals surface area contributed by atoms with Crippen molar-refractivity contribution in [3.8, 4) is 0 Å². The van der Waals surface area contributed by atoms with E-state index < -0.39 is 12.2 Å². The fourth-order valence-corrected chi connectivity index (χ4v) is 0.386. The van der Waals surface area contributed by atoms with Crippen LogP contribution >= 0.6 is 12.4 Å². The summed E-state index contributed by atoms with van der Waals surface area (Å²) >= 11 is 0. The molecular weight excluding hydrogens is 202 g/mol. The van der Waals surface area contributed by atoms with Gasteiger partial charge in [0.1, 0.15) is 5.84 Å². The Balaban J connectivity index is 0. The summed E-state index contributed by atoms with van der Waals surface area (Å²) in [7, 11) is 0. The lowest BCUT2D eigenvalue weighted by Gasteiger charge is -1.89. The van der Waals surface area contributed by atoms with Gasteiger partial charge in [0, 0.05) is 12.6 Å². The molecule has 13 heavy (non-hydrogen) atoms. The average molecular weight is 210 g/mol. The minimum absolute atomic E-state index is 0. The Hall–Kier alpha value is -1.63. The lowest BCUT2D eigenvalue weighted by molar-refractivity contribution is 0.204. The normalized spacial score (nSPS) is 10.9. The van der Waals surface area contributed by atoms with Gasteiger partial charge < -0.3 is 15.9 Å². The predicted molar refractivity (Wildman–Crippen MR) is 48.0 cm³/mol. The number of hydrogen-bond acceptors (Lipinski definition) is 2. The molecule has 7 nitrogen and oxygen atoms in total. The van der Waals surface area contributed by atoms with E-state index in [9.17, 15) is 9.59 Å². The van der Waals surface area contributed by atoms with E-state index in [4.69, 9.17) is 15.9 Å². The van der Waals surface area contributed by atoms with Crippen LogP contribution in [-0.2, 0) is 0 Å². The van der Waals surface area contributed by atoms with E-state index in [0.717, 1.165) is 6.21 Å². The summed E-state index contributed by atoms with van der Waals surface area (Å²) in [5, 5.41) is 16.1. The minimum Gasteiger partial charge on any atom is -0.463 e. The van der Waals surface area contributed by atoms with Crippen LogP contribution in [0, 0.1) is 0 Å². The maximum atomic E-state index is 9.88. The molecule has 2 amide bonds. The lowest BCUT2D eigenvalue weighted by Crippen LogP contribution is -2.14. The van der Waals surface area contributed by atoms with Crippen molar-refractivity contribution >= 4 is 36.6 Å². The zero-order valence-electron chi connectivity index (χ0n) is 6.38. The number of carbonyl (C=O) groups is 2. The predicted octanol–water partition coefficient (Wildman–Crippen LogP) is 0.582. The summed E-state index contributed by atoms with van der Waals surface area (Å²) < 4.78 is 0. The maximum Gasteiger partial charge on any atom is 0.432 e. The highest BCUT2D eigenvalue weighted by molar-refractivity contribution is 5.99. The van der Waals surface area contributed by atoms with Crippen LogP contribution in [0.4, 0.5) is 9.59 Å². The molecule has 74 valence electrons. The molecule has 8 heteroatoms. The molecule has 0 saturated carbocycles. The summed E-state index contributed by atoms with van der Waals surface area (Å²) in [6, 6.07) is 0. The average Bonchev–Trinajstić information content (AvgIpc) is 1.84. The number of hydrogen-bond donors (Lipinski definition) is 3. The van der Waals surface area contributed by atoms with Gasteiger partial charge in [0.2, 0.25) is 0 Å². The molecule has 0 saturated heterocycles. The fourth-order valence-electron chi connectivity index (χ4n) is 0.386. The molecule has 0 aromatic carbocycles. The van der Waals surface area contributed by atoms with E-state index in [2.05, 4.69) is 9.98 Å². The van der Waals surface area contributed by atoms with Crippen molar-refractivity contribution in [1.82, 2.24) is 0 Å². The van der Waals surface area contributed by atoms with Gasteiger partial charge in [0.15, 0.2) is 0 Å². The number of amides is 2. The van der Waals surface area contributed by atoms with Crippen LogP contribution in [-0.4, -0.2) is 34.4 Å². The molecule has 0 radical (unpaired) electrons. The van der Waals surface area contributed by atoms with Gasteiger partial charge in [-0.2, -0.15) is 9.98 Å². The number of nitrogens with two attached hydrogens (primary N) is 1. The molecule has 0 aliphatic carbocycles. The second kappa shape index (κ2) is 7.04. The van der Waals surface area contributed by atoms with Crippen molar-refractivity contribution in [2.75, 3.05) is 0 Å². The maximum absolute atomic E-state index is 9.88. The van der Waals surface area contributed by atoms with Gasteiger partial charge in [-0.1, -0.05) is 0 Å². The smallest absolute Gasteiger partial charge is 0.432 e. The highest BCUT2D eigenvalue weighted by Gasteiger charge is 1.94. The number of rotatable bonds is 2. The number of halogens is 1. The molecule has 0 aromatic heterocycles. The Kier molecular flexibility index (Phi) is 7.54. The Morgan fingerprint density at radius 1 is 1.31 bits per heavy atom. The van der Waals surface area contributed by atoms with E-state index in [1.54, 1.807) is 0 Å². The second-order valence-corrected chi connectivity index (χ2v) is 1.68. The molecule has 0 bridgehead atoms. The fraction of sp³-hybridized carbons (Fsp3) is 0.200. The van der Waals surface area contributed by atoms with Gasteiger partial charge >= 0.3 is 12.2 Å². The molecular formula is C5H8ClN3O4. The molecule has 0 heterocycles. The largest absolute Gasteiger partial charge is 0.463 e. The molecule has 0 aromatic rings. The van der Waals surface area contributed by atoms with E-state index in [-0.39, 0.29) is 24.7 Å². The van der Waals surface area contributed by atoms with Gasteiger partial charge in [-0.25, -0.2) is 9.59 Å². The molecule has 4 N–H and O–H groups in total. The summed E-state index contributed by atoms with van der Waals surface area (Å²) in [4.78, 5) is 25.5. The van der Waals surface area contributed by atoms with Crippen molar-refractivity contribution in [3.05, 3.63) is 0 Å². The quantitative estimate of drug-likeness (QED) is 0.453. The van der Waals surface area contributed by atoms with Crippen LogP contribution in [0.25, 0.3) is 0 Å². The molecule has 0 fully saturated rings. The van der Waals surface area contributed by atoms with Gasteiger partial charge in [-0.05, 0) is 0 Å². The van der Waals surface area contributed by atoms with E-state index >= 15 is 0 Å². The summed E-state index contributed by atoms with van der Waals surface area (Å²) in [5.41, 5.74) is 5.05. The lowest BCUT2D eigenvalue weighted by atomic mass is 10.4. The van der Waals surface area contributed by atoms with E-state index in [0.29, 0.717) is 0 Å². The van der Waals surface area contributed by atoms with E-state index in [1.165, 1.54) is 0 Å². The number of amidine groups is 1. The number of carboxylic acid groups (broad SMARTS) is 2. The first kappa shape index (κ1) is 13.9. The first-order valence-electron chi connectivity index (χ1n) is 2.83. The van der Waals surface area contributed by atoms with Gasteiger partial charge in [-0.15, -0.1) is 12.4 Å². The molecule has 0 aliphatic rings. The third-order valence-electron chi connectivity index (χ3n) is 0.741. The van der Waals surface area contributed by atoms with Crippen LogP contribution < -0.4 is 5.73 Å². The van der Waals surface area contributed by atoms with Gasteiger partial charge in [0.25, 0.3) is 0 Å². The summed E-state index contributed by atoms with van der Waals surface area (Å²) in [5.74, 6) is -0.201. The minimum atomic E-state index is -1.42. The van der Waals surface area contributed by atoms with Gasteiger partial charge in [-0.3, -0.25) is 0 Å². The monoisotopic (exact) mass is 209 g/mol. The van der Waals surface area contributed by atoms with Crippen LogP contribution in [0.3, 0.4) is 0 Å². The molecule has 0 rings (SSSR count). The van der Waals surface area contributed by atoms with Crippen molar-refractivity contribution in [3.63, 3.8) is 0 Å². The number of aliphatic imine (C=N–C) groups is 2.